The van der Waals surface area contributed by atoms with Crippen molar-refractivity contribution in [3.05, 3.63) is 59.9 Å². The summed E-state index contributed by atoms with van der Waals surface area (Å²) in [6, 6.07) is 11.8. The van der Waals surface area contributed by atoms with E-state index in [2.05, 4.69) is 10.0 Å². The van der Waals surface area contributed by atoms with E-state index in [9.17, 15) is 17.6 Å². The number of urea groups is 1. The van der Waals surface area contributed by atoms with Crippen LogP contribution in [0.4, 0.5) is 14.9 Å². The number of para-hydroxylation sites is 1. The van der Waals surface area contributed by atoms with E-state index in [0.29, 0.717) is 25.9 Å². The lowest BCUT2D eigenvalue weighted by Crippen LogP contribution is -2.47. The van der Waals surface area contributed by atoms with Crippen molar-refractivity contribution in [3.8, 4) is 0 Å². The molecule has 0 atom stereocenters. The summed E-state index contributed by atoms with van der Waals surface area (Å²) in [6.07, 6.45) is 1.03. The molecule has 2 aromatic carbocycles. The van der Waals surface area contributed by atoms with Crippen molar-refractivity contribution in [2.24, 2.45) is 0 Å². The highest BCUT2D eigenvalue weighted by Gasteiger charge is 2.26. The molecule has 2 amide bonds. The maximum absolute atomic E-state index is 13.0. The molecule has 0 saturated carbocycles. The molecular weight excluding hydrogens is 369 g/mol. The summed E-state index contributed by atoms with van der Waals surface area (Å²) >= 11 is 0. The Hall–Kier alpha value is -2.45. The van der Waals surface area contributed by atoms with Gasteiger partial charge in [0.05, 0.1) is 4.90 Å². The number of piperidine rings is 1. The molecule has 1 aliphatic rings. The van der Waals surface area contributed by atoms with Gasteiger partial charge in [0.2, 0.25) is 10.0 Å². The third kappa shape index (κ3) is 4.84. The van der Waals surface area contributed by atoms with E-state index in [1.807, 2.05) is 31.2 Å². The lowest BCUT2D eigenvalue weighted by molar-refractivity contribution is 0.193. The molecule has 0 spiro atoms. The third-order valence-electron chi connectivity index (χ3n) is 4.61. The van der Waals surface area contributed by atoms with Gasteiger partial charge in [-0.2, -0.15) is 0 Å². The summed E-state index contributed by atoms with van der Waals surface area (Å²) in [7, 11) is -3.70. The lowest BCUT2D eigenvalue weighted by atomic mass is 10.1. The molecule has 0 radical (unpaired) electrons. The van der Waals surface area contributed by atoms with Gasteiger partial charge < -0.3 is 10.2 Å². The minimum atomic E-state index is -3.70. The van der Waals surface area contributed by atoms with Crippen LogP contribution in [0.25, 0.3) is 0 Å². The number of amides is 2. The molecule has 8 heteroatoms. The number of sulfonamides is 1. The summed E-state index contributed by atoms with van der Waals surface area (Å²) in [6.45, 7) is 2.83. The molecular formula is C19H22FN3O3S. The lowest BCUT2D eigenvalue weighted by Gasteiger charge is -2.32. The molecule has 1 saturated heterocycles. The number of hydrogen-bond acceptors (Lipinski definition) is 3. The maximum atomic E-state index is 13.0. The molecule has 3 rings (SSSR count). The van der Waals surface area contributed by atoms with Crippen molar-refractivity contribution in [1.29, 1.82) is 0 Å². The molecule has 144 valence electrons. The van der Waals surface area contributed by atoms with E-state index < -0.39 is 15.8 Å². The SMILES string of the molecule is Cc1ccccc1NC(=O)N1CCC(NS(=O)(=O)c2ccc(F)cc2)CC1. The van der Waals surface area contributed by atoms with Crippen LogP contribution in [0.2, 0.25) is 0 Å². The summed E-state index contributed by atoms with van der Waals surface area (Å²) in [4.78, 5) is 14.1. The van der Waals surface area contributed by atoms with Crippen molar-refractivity contribution < 1.29 is 17.6 Å². The van der Waals surface area contributed by atoms with Gasteiger partial charge in [0.25, 0.3) is 0 Å². The van der Waals surface area contributed by atoms with Gasteiger partial charge in [0.1, 0.15) is 5.82 Å². The Labute approximate surface area is 158 Å². The van der Waals surface area contributed by atoms with E-state index in [0.717, 1.165) is 23.4 Å². The van der Waals surface area contributed by atoms with Crippen LogP contribution in [0.15, 0.2) is 53.4 Å². The molecule has 1 heterocycles. The summed E-state index contributed by atoms with van der Waals surface area (Å²) in [5.41, 5.74) is 1.74. The fourth-order valence-electron chi connectivity index (χ4n) is 3.01. The van der Waals surface area contributed by atoms with Gasteiger partial charge in [0, 0.05) is 24.8 Å². The zero-order chi connectivity index (χ0) is 19.4. The van der Waals surface area contributed by atoms with Gasteiger partial charge in [-0.25, -0.2) is 22.3 Å². The molecule has 27 heavy (non-hydrogen) atoms. The number of nitrogens with one attached hydrogen (secondary N) is 2. The second kappa shape index (κ2) is 8.06. The first-order valence-corrected chi connectivity index (χ1v) is 10.2. The van der Waals surface area contributed by atoms with Crippen molar-refractivity contribution in [3.63, 3.8) is 0 Å². The van der Waals surface area contributed by atoms with Gasteiger partial charge in [-0.1, -0.05) is 18.2 Å². The van der Waals surface area contributed by atoms with Crippen LogP contribution in [0.3, 0.4) is 0 Å². The smallest absolute Gasteiger partial charge is 0.321 e. The van der Waals surface area contributed by atoms with Gasteiger partial charge >= 0.3 is 6.03 Å². The molecule has 0 aliphatic carbocycles. The molecule has 0 unspecified atom stereocenters. The molecule has 6 nitrogen and oxygen atoms in total. The Morgan fingerprint density at radius 3 is 2.33 bits per heavy atom. The number of rotatable bonds is 4. The van der Waals surface area contributed by atoms with E-state index >= 15 is 0 Å². The first-order chi connectivity index (χ1) is 12.8. The largest absolute Gasteiger partial charge is 0.324 e. The second-order valence-corrected chi connectivity index (χ2v) is 8.30. The minimum Gasteiger partial charge on any atom is -0.324 e. The first-order valence-electron chi connectivity index (χ1n) is 8.74. The van der Waals surface area contributed by atoms with E-state index in [-0.39, 0.29) is 17.0 Å². The average Bonchev–Trinajstić information content (AvgIpc) is 2.64. The number of nitrogens with zero attached hydrogens (tertiary/aromatic N) is 1. The zero-order valence-electron chi connectivity index (χ0n) is 15.0. The number of aryl methyl sites for hydroxylation is 1. The number of benzene rings is 2. The summed E-state index contributed by atoms with van der Waals surface area (Å²) in [5, 5.41) is 2.89. The molecule has 2 N–H and O–H groups in total. The monoisotopic (exact) mass is 391 g/mol. The van der Waals surface area contributed by atoms with Crippen LogP contribution < -0.4 is 10.0 Å². The van der Waals surface area contributed by atoms with Crippen molar-refractivity contribution in [2.45, 2.75) is 30.7 Å². The quantitative estimate of drug-likeness (QED) is 0.841. The van der Waals surface area contributed by atoms with Gasteiger partial charge in [-0.15, -0.1) is 0 Å². The third-order valence-corrected chi connectivity index (χ3v) is 6.15. The highest BCUT2D eigenvalue weighted by Crippen LogP contribution is 2.18. The Morgan fingerprint density at radius 1 is 1.07 bits per heavy atom. The second-order valence-electron chi connectivity index (χ2n) is 6.58. The normalized spacial score (nSPS) is 15.6. The van der Waals surface area contributed by atoms with Crippen molar-refractivity contribution in [2.75, 3.05) is 18.4 Å². The number of likely N-dealkylation sites (tertiary alicyclic amines) is 1. The first kappa shape index (κ1) is 19.3. The van der Waals surface area contributed by atoms with E-state index in [4.69, 9.17) is 0 Å². The summed E-state index contributed by atoms with van der Waals surface area (Å²) in [5.74, 6) is -0.484. The number of carbonyl (C=O) groups excluding carboxylic acids is 1. The van der Waals surface area contributed by atoms with Crippen LogP contribution in [0.5, 0.6) is 0 Å². The molecule has 1 aliphatic heterocycles. The Balaban J connectivity index is 1.55. The van der Waals surface area contributed by atoms with E-state index in [1.165, 1.54) is 12.1 Å². The van der Waals surface area contributed by atoms with Crippen LogP contribution in [-0.2, 0) is 10.0 Å². The standard InChI is InChI=1S/C19H22FN3O3S/c1-14-4-2-3-5-18(14)21-19(24)23-12-10-16(11-13-23)22-27(25,26)17-8-6-15(20)7-9-17/h2-9,16,22H,10-13H2,1H3,(H,21,24). The highest BCUT2D eigenvalue weighted by molar-refractivity contribution is 7.89. The van der Waals surface area contributed by atoms with Crippen molar-refractivity contribution >= 4 is 21.7 Å². The summed E-state index contributed by atoms with van der Waals surface area (Å²) < 4.78 is 40.4. The Morgan fingerprint density at radius 2 is 1.70 bits per heavy atom. The van der Waals surface area contributed by atoms with Crippen LogP contribution >= 0.6 is 0 Å². The number of hydrogen-bond donors (Lipinski definition) is 2. The molecule has 0 aromatic heterocycles. The van der Waals surface area contributed by atoms with Crippen LogP contribution in [-0.4, -0.2) is 38.5 Å². The van der Waals surface area contributed by atoms with Crippen LogP contribution in [0, 0.1) is 12.7 Å². The average molecular weight is 391 g/mol. The Bertz CT molecular complexity index is 908. The fraction of sp³-hybridized carbons (Fsp3) is 0.316. The molecule has 2 aromatic rings. The Kier molecular flexibility index (Phi) is 5.76. The molecule has 1 fully saturated rings. The predicted molar refractivity (Wildman–Crippen MR) is 102 cm³/mol. The predicted octanol–water partition coefficient (Wildman–Crippen LogP) is 3.11. The maximum Gasteiger partial charge on any atom is 0.321 e. The van der Waals surface area contributed by atoms with E-state index in [1.54, 1.807) is 4.90 Å². The van der Waals surface area contributed by atoms with Crippen molar-refractivity contribution in [1.82, 2.24) is 9.62 Å². The van der Waals surface area contributed by atoms with Gasteiger partial charge in [-0.3, -0.25) is 0 Å². The number of carbonyl (C=O) groups is 1. The topological polar surface area (TPSA) is 78.5 Å². The number of anilines is 1. The minimum absolute atomic E-state index is 0.0311. The van der Waals surface area contributed by atoms with Crippen LogP contribution in [0.1, 0.15) is 18.4 Å². The van der Waals surface area contributed by atoms with Gasteiger partial charge in [0.15, 0.2) is 0 Å². The zero-order valence-corrected chi connectivity index (χ0v) is 15.8. The fourth-order valence-corrected chi connectivity index (χ4v) is 4.31. The highest BCUT2D eigenvalue weighted by atomic mass is 32.2. The van der Waals surface area contributed by atoms with Gasteiger partial charge in [-0.05, 0) is 55.7 Å². The number of halogens is 1. The molecule has 0 bridgehead atoms.